The van der Waals surface area contributed by atoms with Gasteiger partial charge < -0.3 is 0 Å². The minimum Gasteiger partial charge on any atom is -0.248 e. The van der Waals surface area contributed by atoms with Crippen molar-refractivity contribution in [3.05, 3.63) is 76.3 Å². The highest BCUT2D eigenvalue weighted by Crippen LogP contribution is 2.37. The van der Waals surface area contributed by atoms with Gasteiger partial charge in [0.15, 0.2) is 0 Å². The van der Waals surface area contributed by atoms with E-state index in [-0.39, 0.29) is 0 Å². The highest BCUT2D eigenvalue weighted by atomic mass is 79.9. The summed E-state index contributed by atoms with van der Waals surface area (Å²) < 4.78 is 1.12. The van der Waals surface area contributed by atoms with Gasteiger partial charge in [0.2, 0.25) is 0 Å². The lowest BCUT2D eigenvalue weighted by molar-refractivity contribution is 1.38. The lowest BCUT2D eigenvalue weighted by Gasteiger charge is -2.12. The fourth-order valence-corrected chi connectivity index (χ4v) is 4.01. The van der Waals surface area contributed by atoms with E-state index in [9.17, 15) is 0 Å². The first-order valence-electron chi connectivity index (χ1n) is 7.69. The summed E-state index contributed by atoms with van der Waals surface area (Å²) in [5.41, 5.74) is 7.06. The molecule has 0 spiro atoms. The zero-order valence-electron chi connectivity index (χ0n) is 13.1. The van der Waals surface area contributed by atoms with Gasteiger partial charge in [-0.3, -0.25) is 0 Å². The number of nitrogens with zero attached hydrogens (tertiary/aromatic N) is 1. The number of aromatic nitrogens is 1. The van der Waals surface area contributed by atoms with Gasteiger partial charge in [-0.2, -0.15) is 0 Å². The van der Waals surface area contributed by atoms with Gasteiger partial charge in [-0.05, 0) is 53.0 Å². The Bertz CT molecular complexity index is 1030. The fourth-order valence-electron chi connectivity index (χ4n) is 3.26. The van der Waals surface area contributed by atoms with Gasteiger partial charge in [0, 0.05) is 15.2 Å². The molecule has 1 aromatic heterocycles. The van der Waals surface area contributed by atoms with E-state index >= 15 is 0 Å². The first-order valence-corrected chi connectivity index (χ1v) is 8.48. The number of hydrogen-bond acceptors (Lipinski definition) is 1. The van der Waals surface area contributed by atoms with Crippen molar-refractivity contribution in [3.63, 3.8) is 0 Å². The number of hydrogen-bond donors (Lipinski definition) is 0. The van der Waals surface area contributed by atoms with Crippen molar-refractivity contribution in [1.29, 1.82) is 0 Å². The molecule has 0 fully saturated rings. The molecule has 0 unspecified atom stereocenters. The van der Waals surface area contributed by atoms with Crippen molar-refractivity contribution in [2.45, 2.75) is 13.8 Å². The second kappa shape index (κ2) is 5.47. The molecule has 1 nitrogen and oxygen atoms in total. The van der Waals surface area contributed by atoms with Crippen LogP contribution in [0.5, 0.6) is 0 Å². The van der Waals surface area contributed by atoms with Crippen molar-refractivity contribution in [2.75, 3.05) is 0 Å². The quantitative estimate of drug-likeness (QED) is 0.355. The number of rotatable bonds is 1. The molecule has 0 aliphatic rings. The lowest BCUT2D eigenvalue weighted by atomic mass is 9.96. The van der Waals surface area contributed by atoms with E-state index in [2.05, 4.69) is 84.4 Å². The topological polar surface area (TPSA) is 12.9 Å². The SMILES string of the molecule is Cc1cc(C)cc(-c2cccc3nc4ccccc4c(Br)c23)c1. The Kier molecular flexibility index (Phi) is 3.42. The van der Waals surface area contributed by atoms with Crippen LogP contribution in [0.15, 0.2) is 65.1 Å². The fraction of sp³-hybridized carbons (Fsp3) is 0.0952. The second-order valence-electron chi connectivity index (χ2n) is 6.02. The molecule has 0 atom stereocenters. The van der Waals surface area contributed by atoms with Gasteiger partial charge in [-0.1, -0.05) is 59.7 Å². The molecule has 112 valence electrons. The Hall–Kier alpha value is -2.19. The molecular weight excluding hydrogens is 346 g/mol. The number of pyridine rings is 1. The highest BCUT2D eigenvalue weighted by Gasteiger charge is 2.12. The van der Waals surface area contributed by atoms with E-state index in [1.54, 1.807) is 0 Å². The van der Waals surface area contributed by atoms with Crippen LogP contribution in [0, 0.1) is 13.8 Å². The van der Waals surface area contributed by atoms with Crippen molar-refractivity contribution in [3.8, 4) is 11.1 Å². The molecule has 1 heterocycles. The molecule has 0 radical (unpaired) electrons. The van der Waals surface area contributed by atoms with Crippen LogP contribution in [0.2, 0.25) is 0 Å². The summed E-state index contributed by atoms with van der Waals surface area (Å²) in [6.07, 6.45) is 0. The molecule has 0 bridgehead atoms. The third-order valence-electron chi connectivity index (χ3n) is 4.18. The monoisotopic (exact) mass is 361 g/mol. The lowest BCUT2D eigenvalue weighted by Crippen LogP contribution is -1.89. The van der Waals surface area contributed by atoms with Crippen LogP contribution in [-0.2, 0) is 0 Å². The summed E-state index contributed by atoms with van der Waals surface area (Å²) in [5.74, 6) is 0. The maximum absolute atomic E-state index is 4.84. The van der Waals surface area contributed by atoms with Crippen molar-refractivity contribution in [2.24, 2.45) is 0 Å². The van der Waals surface area contributed by atoms with Crippen LogP contribution in [-0.4, -0.2) is 4.98 Å². The molecule has 3 aromatic carbocycles. The summed E-state index contributed by atoms with van der Waals surface area (Å²) in [7, 11) is 0. The predicted octanol–water partition coefficient (Wildman–Crippen LogP) is 6.43. The standard InChI is InChI=1S/C21H16BrN/c1-13-10-14(2)12-15(11-13)16-7-5-9-19-20(16)21(22)17-6-3-4-8-18(17)23-19/h3-12H,1-2H3. The number of fused-ring (bicyclic) bond motifs is 2. The summed E-state index contributed by atoms with van der Waals surface area (Å²) in [5, 5.41) is 2.33. The van der Waals surface area contributed by atoms with Crippen molar-refractivity contribution in [1.82, 2.24) is 4.98 Å². The van der Waals surface area contributed by atoms with E-state index in [4.69, 9.17) is 4.98 Å². The van der Waals surface area contributed by atoms with Gasteiger partial charge in [-0.25, -0.2) is 4.98 Å². The molecule has 0 aliphatic heterocycles. The molecule has 4 rings (SSSR count). The smallest absolute Gasteiger partial charge is 0.0727 e. The van der Waals surface area contributed by atoms with E-state index in [1.165, 1.54) is 27.6 Å². The van der Waals surface area contributed by atoms with E-state index < -0.39 is 0 Å². The Labute approximate surface area is 144 Å². The van der Waals surface area contributed by atoms with Crippen LogP contribution < -0.4 is 0 Å². The molecule has 0 amide bonds. The van der Waals surface area contributed by atoms with Crippen LogP contribution in [0.25, 0.3) is 32.9 Å². The maximum Gasteiger partial charge on any atom is 0.0727 e. The molecule has 0 aliphatic carbocycles. The summed E-state index contributed by atoms with van der Waals surface area (Å²) in [4.78, 5) is 4.84. The largest absolute Gasteiger partial charge is 0.248 e. The van der Waals surface area contributed by atoms with Crippen LogP contribution >= 0.6 is 15.9 Å². The second-order valence-corrected chi connectivity index (χ2v) is 6.81. The molecule has 0 N–H and O–H groups in total. The zero-order valence-corrected chi connectivity index (χ0v) is 14.7. The highest BCUT2D eigenvalue weighted by molar-refractivity contribution is 9.10. The average Bonchev–Trinajstić information content (AvgIpc) is 2.53. The third kappa shape index (κ3) is 2.43. The minimum atomic E-state index is 1.02. The molecule has 0 saturated carbocycles. The van der Waals surface area contributed by atoms with Gasteiger partial charge in [0.1, 0.15) is 0 Å². The van der Waals surface area contributed by atoms with Crippen molar-refractivity contribution < 1.29 is 0 Å². The van der Waals surface area contributed by atoms with Gasteiger partial charge >= 0.3 is 0 Å². The molecule has 4 aromatic rings. The Balaban J connectivity index is 2.13. The Morgan fingerprint density at radius 3 is 2.26 bits per heavy atom. The molecule has 2 heteroatoms. The van der Waals surface area contributed by atoms with E-state index in [0.717, 1.165) is 20.9 Å². The van der Waals surface area contributed by atoms with Gasteiger partial charge in [-0.15, -0.1) is 0 Å². The summed E-state index contributed by atoms with van der Waals surface area (Å²) >= 11 is 3.83. The maximum atomic E-state index is 4.84. The summed E-state index contributed by atoms with van der Waals surface area (Å²) in [6.45, 7) is 4.29. The van der Waals surface area contributed by atoms with Gasteiger partial charge in [0.25, 0.3) is 0 Å². The number of halogens is 1. The van der Waals surface area contributed by atoms with Crippen LogP contribution in [0.3, 0.4) is 0 Å². The molecule has 0 saturated heterocycles. The van der Waals surface area contributed by atoms with Crippen LogP contribution in [0.4, 0.5) is 0 Å². The van der Waals surface area contributed by atoms with Crippen LogP contribution in [0.1, 0.15) is 11.1 Å². The third-order valence-corrected chi connectivity index (χ3v) is 5.00. The summed E-state index contributed by atoms with van der Waals surface area (Å²) in [6, 6.07) is 21.3. The zero-order chi connectivity index (χ0) is 16.0. The normalized spacial score (nSPS) is 11.3. The number of benzene rings is 3. The Morgan fingerprint density at radius 1 is 0.783 bits per heavy atom. The first-order chi connectivity index (χ1) is 11.1. The predicted molar refractivity (Wildman–Crippen MR) is 102 cm³/mol. The average molecular weight is 362 g/mol. The number of para-hydroxylation sites is 1. The number of aryl methyl sites for hydroxylation is 2. The molecule has 23 heavy (non-hydrogen) atoms. The molecular formula is C21H16BrN. The Morgan fingerprint density at radius 2 is 1.48 bits per heavy atom. The minimum absolute atomic E-state index is 1.02. The van der Waals surface area contributed by atoms with Gasteiger partial charge in [0.05, 0.1) is 11.0 Å². The first kappa shape index (κ1) is 14.4. The van der Waals surface area contributed by atoms with E-state index in [1.807, 2.05) is 6.07 Å². The van der Waals surface area contributed by atoms with Crippen molar-refractivity contribution >= 4 is 37.7 Å². The van der Waals surface area contributed by atoms with E-state index in [0.29, 0.717) is 0 Å².